The van der Waals surface area contributed by atoms with E-state index in [1.54, 1.807) is 0 Å². The van der Waals surface area contributed by atoms with Crippen LogP contribution in [0.1, 0.15) is 11.1 Å². The first-order valence-electron chi connectivity index (χ1n) is 9.87. The van der Waals surface area contributed by atoms with Crippen molar-refractivity contribution in [3.05, 3.63) is 112 Å². The molecule has 0 amide bonds. The van der Waals surface area contributed by atoms with Crippen molar-refractivity contribution >= 4 is 5.69 Å². The smallest absolute Gasteiger partial charge is 0.258 e. The average Bonchev–Trinajstić information content (AvgIpc) is 2.78. The number of hydrogen-bond acceptors (Lipinski definition) is 2. The summed E-state index contributed by atoms with van der Waals surface area (Å²) in [5, 5.41) is 11.8. The lowest BCUT2D eigenvalue weighted by Gasteiger charge is -2.17. The molecule has 32 heavy (non-hydrogen) atoms. The number of benzene rings is 4. The summed E-state index contributed by atoms with van der Waals surface area (Å²) in [5.41, 5.74) is 3.22. The highest BCUT2D eigenvalue weighted by Gasteiger charge is 2.33. The lowest BCUT2D eigenvalue weighted by atomic mass is 9.86. The minimum Gasteiger partial charge on any atom is -0.258 e. The number of halogens is 3. The molecule has 0 unspecified atom stereocenters. The van der Waals surface area contributed by atoms with E-state index < -0.39 is 22.4 Å². The quantitative estimate of drug-likeness (QED) is 0.242. The number of alkyl halides is 3. The molecule has 4 aromatic rings. The lowest BCUT2D eigenvalue weighted by molar-refractivity contribution is -0.384. The molecule has 0 aliphatic heterocycles. The van der Waals surface area contributed by atoms with E-state index in [0.29, 0.717) is 17.2 Å². The zero-order chi connectivity index (χ0) is 22.9. The van der Waals surface area contributed by atoms with E-state index >= 15 is 0 Å². The third kappa shape index (κ3) is 4.12. The van der Waals surface area contributed by atoms with E-state index in [1.165, 1.54) is 6.07 Å². The van der Waals surface area contributed by atoms with E-state index in [2.05, 4.69) is 0 Å². The van der Waals surface area contributed by atoms with Crippen LogP contribution in [-0.2, 0) is 6.18 Å². The summed E-state index contributed by atoms with van der Waals surface area (Å²) in [7, 11) is 0. The summed E-state index contributed by atoms with van der Waals surface area (Å²) in [6.45, 7) is 1.82. The van der Waals surface area contributed by atoms with Gasteiger partial charge in [0, 0.05) is 6.07 Å². The molecule has 0 N–H and O–H groups in total. The highest BCUT2D eigenvalue weighted by Crippen LogP contribution is 2.43. The van der Waals surface area contributed by atoms with Crippen LogP contribution in [0.4, 0.5) is 18.9 Å². The number of aryl methyl sites for hydroxylation is 1. The van der Waals surface area contributed by atoms with Gasteiger partial charge < -0.3 is 0 Å². The van der Waals surface area contributed by atoms with Crippen molar-refractivity contribution in [2.75, 3.05) is 0 Å². The fourth-order valence-electron chi connectivity index (χ4n) is 3.86. The van der Waals surface area contributed by atoms with Crippen LogP contribution < -0.4 is 0 Å². The van der Waals surface area contributed by atoms with Gasteiger partial charge in [-0.05, 0) is 58.5 Å². The largest absolute Gasteiger partial charge is 0.416 e. The topological polar surface area (TPSA) is 43.1 Å². The maximum absolute atomic E-state index is 13.2. The summed E-state index contributed by atoms with van der Waals surface area (Å²) in [6, 6.07) is 25.5. The maximum Gasteiger partial charge on any atom is 0.416 e. The average molecular weight is 433 g/mol. The fraction of sp³-hybridized carbons (Fsp3) is 0.0769. The molecule has 0 radical (unpaired) electrons. The molecule has 6 heteroatoms. The van der Waals surface area contributed by atoms with Gasteiger partial charge in [0.25, 0.3) is 5.69 Å². The second-order valence-electron chi connectivity index (χ2n) is 7.43. The third-order valence-electron chi connectivity index (χ3n) is 5.32. The molecule has 0 spiro atoms. The molecule has 160 valence electrons. The monoisotopic (exact) mass is 433 g/mol. The normalized spacial score (nSPS) is 11.4. The van der Waals surface area contributed by atoms with Crippen LogP contribution in [-0.4, -0.2) is 4.92 Å². The molecule has 0 fully saturated rings. The zero-order valence-electron chi connectivity index (χ0n) is 17.1. The Labute approximate surface area is 182 Å². The number of nitro groups is 1. The maximum atomic E-state index is 13.2. The second kappa shape index (κ2) is 8.30. The summed E-state index contributed by atoms with van der Waals surface area (Å²) in [5.74, 6) is 0. The molecule has 0 atom stereocenters. The van der Waals surface area contributed by atoms with Crippen LogP contribution in [0.5, 0.6) is 0 Å². The van der Waals surface area contributed by atoms with Crippen LogP contribution in [0, 0.1) is 17.0 Å². The Kier molecular flexibility index (Phi) is 5.53. The molecule has 0 bridgehead atoms. The van der Waals surface area contributed by atoms with Crippen molar-refractivity contribution in [1.82, 2.24) is 0 Å². The van der Waals surface area contributed by atoms with Crippen molar-refractivity contribution < 1.29 is 18.1 Å². The van der Waals surface area contributed by atoms with Gasteiger partial charge in [-0.1, -0.05) is 66.7 Å². The van der Waals surface area contributed by atoms with Gasteiger partial charge in [-0.3, -0.25) is 10.1 Å². The molecule has 4 rings (SSSR count). The first kappa shape index (κ1) is 21.3. The first-order chi connectivity index (χ1) is 15.3. The summed E-state index contributed by atoms with van der Waals surface area (Å²) in [6.07, 6.45) is -4.67. The summed E-state index contributed by atoms with van der Waals surface area (Å²) < 4.78 is 39.6. The molecule has 0 saturated heterocycles. The Morgan fingerprint density at radius 2 is 1.31 bits per heavy atom. The summed E-state index contributed by atoms with van der Waals surface area (Å²) >= 11 is 0. The molecule has 0 heterocycles. The van der Waals surface area contributed by atoms with E-state index in [0.717, 1.165) is 28.3 Å². The molecular formula is C26H18F3NO2. The number of hydrogen-bond donors (Lipinski definition) is 0. The van der Waals surface area contributed by atoms with Gasteiger partial charge in [0.2, 0.25) is 0 Å². The Balaban J connectivity index is 2.02. The highest BCUT2D eigenvalue weighted by atomic mass is 19.4. The molecule has 0 saturated carbocycles. The summed E-state index contributed by atoms with van der Waals surface area (Å²) in [4.78, 5) is 11.0. The molecule has 3 nitrogen and oxygen atoms in total. The number of nitrogens with zero attached hydrogens (tertiary/aromatic N) is 1. The van der Waals surface area contributed by atoms with E-state index in [9.17, 15) is 23.3 Å². The fourth-order valence-corrected chi connectivity index (χ4v) is 3.86. The van der Waals surface area contributed by atoms with Crippen molar-refractivity contribution in [2.45, 2.75) is 13.1 Å². The van der Waals surface area contributed by atoms with Crippen LogP contribution in [0.2, 0.25) is 0 Å². The molecule has 4 aromatic carbocycles. The Morgan fingerprint density at radius 3 is 1.88 bits per heavy atom. The lowest BCUT2D eigenvalue weighted by Crippen LogP contribution is -2.06. The van der Waals surface area contributed by atoms with Crippen molar-refractivity contribution in [2.24, 2.45) is 0 Å². The standard InChI is InChI=1S/C26H18F3NO2/c1-17-14-20(18-8-4-2-5-9-18)15-23(19-10-6-3-7-11-19)25(17)22-13-12-21(26(27,28)29)16-24(22)30(31)32/h2-16H,1H3. The van der Waals surface area contributed by atoms with Crippen LogP contribution >= 0.6 is 0 Å². The Bertz CT molecular complexity index is 1280. The second-order valence-corrected chi connectivity index (χ2v) is 7.43. The van der Waals surface area contributed by atoms with E-state index in [4.69, 9.17) is 0 Å². The predicted molar refractivity (Wildman–Crippen MR) is 119 cm³/mol. The van der Waals surface area contributed by atoms with Crippen molar-refractivity contribution in [3.8, 4) is 33.4 Å². The van der Waals surface area contributed by atoms with Crippen molar-refractivity contribution in [1.29, 1.82) is 0 Å². The van der Waals surface area contributed by atoms with Crippen molar-refractivity contribution in [3.63, 3.8) is 0 Å². The molecule has 0 aromatic heterocycles. The predicted octanol–water partition coefficient (Wildman–Crippen LogP) is 7.92. The number of nitro benzene ring substituents is 1. The van der Waals surface area contributed by atoms with Gasteiger partial charge >= 0.3 is 6.18 Å². The van der Waals surface area contributed by atoms with Crippen LogP contribution in [0.3, 0.4) is 0 Å². The molecule has 0 aliphatic carbocycles. The first-order valence-corrected chi connectivity index (χ1v) is 9.87. The molecule has 0 aliphatic rings. The minimum absolute atomic E-state index is 0.152. The zero-order valence-corrected chi connectivity index (χ0v) is 17.1. The Morgan fingerprint density at radius 1 is 0.719 bits per heavy atom. The number of rotatable bonds is 4. The van der Waals surface area contributed by atoms with E-state index in [1.807, 2.05) is 79.7 Å². The van der Waals surface area contributed by atoms with Gasteiger partial charge in [-0.2, -0.15) is 13.2 Å². The highest BCUT2D eigenvalue weighted by molar-refractivity contribution is 5.92. The van der Waals surface area contributed by atoms with E-state index in [-0.39, 0.29) is 5.56 Å². The van der Waals surface area contributed by atoms with Gasteiger partial charge in [0.05, 0.1) is 16.1 Å². The Hall–Kier alpha value is -3.93. The van der Waals surface area contributed by atoms with Gasteiger partial charge in [0.1, 0.15) is 0 Å². The minimum atomic E-state index is -4.67. The van der Waals surface area contributed by atoms with Crippen LogP contribution in [0.15, 0.2) is 91.0 Å². The third-order valence-corrected chi connectivity index (χ3v) is 5.32. The van der Waals surface area contributed by atoms with Crippen LogP contribution in [0.25, 0.3) is 33.4 Å². The van der Waals surface area contributed by atoms with Gasteiger partial charge in [-0.15, -0.1) is 0 Å². The van der Waals surface area contributed by atoms with Gasteiger partial charge in [-0.25, -0.2) is 0 Å². The van der Waals surface area contributed by atoms with Gasteiger partial charge in [0.15, 0.2) is 0 Å². The SMILES string of the molecule is Cc1cc(-c2ccccc2)cc(-c2ccccc2)c1-c1ccc(C(F)(F)F)cc1[N+](=O)[O-]. The molecular weight excluding hydrogens is 415 g/mol.